The number of hydrogen-bond acceptors (Lipinski definition) is 3. The van der Waals surface area contributed by atoms with Gasteiger partial charge in [0.25, 0.3) is 0 Å². The lowest BCUT2D eigenvalue weighted by Crippen LogP contribution is -2.31. The summed E-state index contributed by atoms with van der Waals surface area (Å²) in [5.74, 6) is 0.353. The first-order chi connectivity index (χ1) is 8.86. The molecule has 1 N–H and O–H groups in total. The second-order valence-corrected chi connectivity index (χ2v) is 6.29. The molecular weight excluding hydrogens is 244 g/mol. The van der Waals surface area contributed by atoms with Gasteiger partial charge in [0.05, 0.1) is 30.4 Å². The van der Waals surface area contributed by atoms with Crippen LogP contribution < -0.4 is 0 Å². The molecule has 2 aromatic rings. The zero-order valence-electron chi connectivity index (χ0n) is 10.1. The van der Waals surface area contributed by atoms with E-state index in [9.17, 15) is 5.11 Å². The third-order valence-electron chi connectivity index (χ3n) is 4.39. The van der Waals surface area contributed by atoms with Gasteiger partial charge in [0.1, 0.15) is 0 Å². The van der Waals surface area contributed by atoms with Crippen LogP contribution in [-0.4, -0.2) is 20.8 Å². The maximum absolute atomic E-state index is 10.3. The van der Waals surface area contributed by atoms with Crippen LogP contribution in [0.2, 0.25) is 0 Å². The summed E-state index contributed by atoms with van der Waals surface area (Å²) in [7, 11) is 0. The van der Waals surface area contributed by atoms with Gasteiger partial charge in [-0.2, -0.15) is 0 Å². The van der Waals surface area contributed by atoms with E-state index in [1.165, 1.54) is 29.0 Å². The van der Waals surface area contributed by atoms with E-state index in [0.717, 1.165) is 12.8 Å². The van der Waals surface area contributed by atoms with Crippen molar-refractivity contribution in [3.8, 4) is 11.3 Å². The van der Waals surface area contributed by atoms with E-state index in [1.807, 2.05) is 23.9 Å². The van der Waals surface area contributed by atoms with Crippen molar-refractivity contribution >= 4 is 11.3 Å². The molecule has 1 aliphatic heterocycles. The summed E-state index contributed by atoms with van der Waals surface area (Å²) in [5.41, 5.74) is 2.54. The monoisotopic (exact) mass is 260 g/mol. The largest absolute Gasteiger partial charge is 0.393 e. The molecule has 1 saturated carbocycles. The highest BCUT2D eigenvalue weighted by Crippen LogP contribution is 2.49. The molecule has 3 nitrogen and oxygen atoms in total. The van der Waals surface area contributed by atoms with Crippen molar-refractivity contribution in [1.82, 2.24) is 9.55 Å². The zero-order valence-corrected chi connectivity index (χ0v) is 10.9. The fraction of sp³-hybridized carbons (Fsp3) is 0.500. The first-order valence-electron chi connectivity index (χ1n) is 6.64. The number of imidazole rings is 1. The van der Waals surface area contributed by atoms with Gasteiger partial charge in [0.15, 0.2) is 0 Å². The highest BCUT2D eigenvalue weighted by atomic mass is 32.1. The average Bonchev–Trinajstić information content (AvgIpc) is 3.02. The summed E-state index contributed by atoms with van der Waals surface area (Å²) in [4.78, 5) is 5.69. The van der Waals surface area contributed by atoms with E-state index in [1.54, 1.807) is 0 Å². The van der Waals surface area contributed by atoms with E-state index in [2.05, 4.69) is 21.0 Å². The van der Waals surface area contributed by atoms with Gasteiger partial charge in [-0.15, -0.1) is 11.3 Å². The molecule has 1 unspecified atom stereocenters. The first kappa shape index (κ1) is 10.8. The van der Waals surface area contributed by atoms with Gasteiger partial charge in [-0.25, -0.2) is 4.98 Å². The lowest BCUT2D eigenvalue weighted by Gasteiger charge is -2.33. The van der Waals surface area contributed by atoms with Crippen LogP contribution in [0, 0.1) is 5.92 Å². The van der Waals surface area contributed by atoms with Crippen LogP contribution >= 0.6 is 11.3 Å². The van der Waals surface area contributed by atoms with Gasteiger partial charge in [-0.1, -0.05) is 12.8 Å². The smallest absolute Gasteiger partial charge is 0.0957 e. The quantitative estimate of drug-likeness (QED) is 0.855. The Balaban J connectivity index is 1.82. The summed E-state index contributed by atoms with van der Waals surface area (Å²) >= 11 is 1.82. The normalized spacial score (nSPS) is 30.2. The Kier molecular flexibility index (Phi) is 2.35. The van der Waals surface area contributed by atoms with Gasteiger partial charge in [0, 0.05) is 16.4 Å². The number of aliphatic hydroxyl groups excluding tert-OH is 1. The molecule has 0 amide bonds. The minimum absolute atomic E-state index is 0.160. The van der Waals surface area contributed by atoms with Crippen molar-refractivity contribution in [2.75, 3.05) is 0 Å². The Labute approximate surface area is 110 Å². The Morgan fingerprint density at radius 3 is 3.11 bits per heavy atom. The number of hydrogen-bond donors (Lipinski definition) is 1. The summed E-state index contributed by atoms with van der Waals surface area (Å²) in [6, 6.07) is 2.50. The number of nitrogens with zero attached hydrogens (tertiary/aromatic N) is 2. The molecular formula is C14H16N2OS. The van der Waals surface area contributed by atoms with Crippen LogP contribution in [0.25, 0.3) is 11.3 Å². The maximum Gasteiger partial charge on any atom is 0.0957 e. The summed E-state index contributed by atoms with van der Waals surface area (Å²) < 4.78 is 2.26. The molecule has 3 atom stereocenters. The Bertz CT molecular complexity index is 534. The summed E-state index contributed by atoms with van der Waals surface area (Å²) in [5, 5.41) is 12.5. The Morgan fingerprint density at radius 1 is 1.33 bits per heavy atom. The van der Waals surface area contributed by atoms with Crippen LogP contribution in [0.3, 0.4) is 0 Å². The molecule has 0 saturated heterocycles. The van der Waals surface area contributed by atoms with Gasteiger partial charge in [-0.3, -0.25) is 0 Å². The SMILES string of the molecule is O[C@@H]1CCCC[C@@H]1C1c2sccc2-c2cncn21. The van der Waals surface area contributed by atoms with Gasteiger partial charge >= 0.3 is 0 Å². The standard InChI is InChI=1S/C14H16N2OS/c17-12-4-2-1-3-10(12)13-14-9(5-6-18-14)11-7-15-8-16(11)13/h5-8,10,12-13,17H,1-4H2/t10-,12+,13?/m0/s1. The molecule has 0 radical (unpaired) electrons. The topological polar surface area (TPSA) is 38.1 Å². The Hall–Kier alpha value is -1.13. The molecule has 3 heterocycles. The first-order valence-corrected chi connectivity index (χ1v) is 7.52. The second-order valence-electron chi connectivity index (χ2n) is 5.35. The number of aromatic nitrogens is 2. The van der Waals surface area contributed by atoms with Gasteiger partial charge in [-0.05, 0) is 24.3 Å². The molecule has 1 fully saturated rings. The number of thiophene rings is 1. The molecule has 0 aromatic carbocycles. The van der Waals surface area contributed by atoms with E-state index >= 15 is 0 Å². The Morgan fingerprint density at radius 2 is 2.22 bits per heavy atom. The van der Waals surface area contributed by atoms with Crippen molar-refractivity contribution in [3.05, 3.63) is 28.8 Å². The van der Waals surface area contributed by atoms with E-state index in [0.29, 0.717) is 12.0 Å². The van der Waals surface area contributed by atoms with Crippen molar-refractivity contribution in [2.24, 2.45) is 5.92 Å². The van der Waals surface area contributed by atoms with E-state index in [4.69, 9.17) is 0 Å². The van der Waals surface area contributed by atoms with Crippen molar-refractivity contribution in [3.63, 3.8) is 0 Å². The molecule has 4 rings (SSSR count). The van der Waals surface area contributed by atoms with Crippen LogP contribution in [0.4, 0.5) is 0 Å². The molecule has 0 spiro atoms. The van der Waals surface area contributed by atoms with Crippen LogP contribution in [0.15, 0.2) is 24.0 Å². The summed E-state index contributed by atoms with van der Waals surface area (Å²) in [6.07, 6.45) is 8.19. The predicted octanol–water partition coefficient (Wildman–Crippen LogP) is 3.07. The average molecular weight is 260 g/mol. The molecule has 2 aromatic heterocycles. The van der Waals surface area contributed by atoms with E-state index in [-0.39, 0.29) is 6.10 Å². The van der Waals surface area contributed by atoms with Crippen molar-refractivity contribution in [1.29, 1.82) is 0 Å². The summed E-state index contributed by atoms with van der Waals surface area (Å²) in [6.45, 7) is 0. The fourth-order valence-corrected chi connectivity index (χ4v) is 4.61. The van der Waals surface area contributed by atoms with Crippen molar-refractivity contribution < 1.29 is 5.11 Å². The minimum atomic E-state index is -0.160. The van der Waals surface area contributed by atoms with E-state index < -0.39 is 0 Å². The third-order valence-corrected chi connectivity index (χ3v) is 5.38. The van der Waals surface area contributed by atoms with Gasteiger partial charge < -0.3 is 9.67 Å². The number of aliphatic hydroxyl groups is 1. The van der Waals surface area contributed by atoms with Crippen LogP contribution in [0.1, 0.15) is 36.6 Å². The maximum atomic E-state index is 10.3. The molecule has 2 aliphatic rings. The second kappa shape index (κ2) is 3.93. The molecule has 4 heteroatoms. The minimum Gasteiger partial charge on any atom is -0.393 e. The lowest BCUT2D eigenvalue weighted by atomic mass is 9.81. The zero-order chi connectivity index (χ0) is 12.1. The number of fused-ring (bicyclic) bond motifs is 3. The van der Waals surface area contributed by atoms with Crippen LogP contribution in [0.5, 0.6) is 0 Å². The van der Waals surface area contributed by atoms with Crippen molar-refractivity contribution in [2.45, 2.75) is 37.8 Å². The predicted molar refractivity (Wildman–Crippen MR) is 71.6 cm³/mol. The molecule has 1 aliphatic carbocycles. The number of rotatable bonds is 1. The fourth-order valence-electron chi connectivity index (χ4n) is 3.53. The third kappa shape index (κ3) is 1.36. The van der Waals surface area contributed by atoms with Gasteiger partial charge in [0.2, 0.25) is 0 Å². The molecule has 18 heavy (non-hydrogen) atoms. The lowest BCUT2D eigenvalue weighted by molar-refractivity contribution is 0.0510. The highest BCUT2D eigenvalue weighted by Gasteiger charge is 2.39. The van der Waals surface area contributed by atoms with Crippen LogP contribution in [-0.2, 0) is 0 Å². The molecule has 0 bridgehead atoms. The highest BCUT2D eigenvalue weighted by molar-refractivity contribution is 7.10. The molecule has 94 valence electrons.